The average Bonchev–Trinajstić information content (AvgIpc) is 3.29. The van der Waals surface area contributed by atoms with E-state index in [9.17, 15) is 20.4 Å². The standard InChI is InChI=1S/C19H20O5S2/c20-8-14-16(21)17(22)18(23)19(24-14)12-7-13(26-9-12)5-10-1-2-11-3-4-25-15(11)6-10/h1-4,6-7,9,14,16-23H,5,8H2/t14-,16-,17+,18-,19+/m1/s1. The average molecular weight is 392 g/mol. The van der Waals surface area contributed by atoms with Crippen molar-refractivity contribution in [3.05, 3.63) is 57.1 Å². The van der Waals surface area contributed by atoms with Gasteiger partial charge in [0.05, 0.1) is 6.61 Å². The molecule has 0 bridgehead atoms. The third-order valence-corrected chi connectivity index (χ3v) is 6.63. The molecule has 4 rings (SSSR count). The molecule has 3 aromatic rings. The third-order valence-electron chi connectivity index (χ3n) is 4.79. The first kappa shape index (κ1) is 18.1. The Labute approximate surface area is 158 Å². The number of ether oxygens (including phenoxy) is 1. The molecular weight excluding hydrogens is 372 g/mol. The van der Waals surface area contributed by atoms with Crippen molar-refractivity contribution in [2.45, 2.75) is 36.9 Å². The van der Waals surface area contributed by atoms with Gasteiger partial charge in [0.1, 0.15) is 30.5 Å². The summed E-state index contributed by atoms with van der Waals surface area (Å²) in [6.07, 6.45) is -4.80. The zero-order valence-electron chi connectivity index (χ0n) is 13.9. The quantitative estimate of drug-likeness (QED) is 0.546. The van der Waals surface area contributed by atoms with E-state index in [-0.39, 0.29) is 0 Å². The molecule has 4 N–H and O–H groups in total. The number of benzene rings is 1. The number of hydrogen-bond acceptors (Lipinski definition) is 7. The predicted molar refractivity (Wildman–Crippen MR) is 102 cm³/mol. The largest absolute Gasteiger partial charge is 0.394 e. The zero-order chi connectivity index (χ0) is 18.3. The van der Waals surface area contributed by atoms with Gasteiger partial charge in [-0.15, -0.1) is 22.7 Å². The number of aliphatic hydroxyl groups excluding tert-OH is 4. The van der Waals surface area contributed by atoms with Crippen molar-refractivity contribution >= 4 is 32.8 Å². The summed E-state index contributed by atoms with van der Waals surface area (Å²) in [6.45, 7) is -0.417. The maximum Gasteiger partial charge on any atom is 0.113 e. The van der Waals surface area contributed by atoms with Crippen LogP contribution < -0.4 is 0 Å². The highest BCUT2D eigenvalue weighted by Gasteiger charge is 2.44. The molecule has 1 fully saturated rings. The summed E-state index contributed by atoms with van der Waals surface area (Å²) in [4.78, 5) is 1.12. The Balaban J connectivity index is 1.53. The molecule has 5 atom stereocenters. The fourth-order valence-corrected chi connectivity index (χ4v) is 5.12. The number of thiophene rings is 2. The Kier molecular flexibility index (Phi) is 5.11. The van der Waals surface area contributed by atoms with E-state index < -0.39 is 37.1 Å². The Bertz CT molecular complexity index is 887. The molecule has 0 radical (unpaired) electrons. The molecular formula is C19H20O5S2. The van der Waals surface area contributed by atoms with Gasteiger partial charge >= 0.3 is 0 Å². The van der Waals surface area contributed by atoms with E-state index in [0.717, 1.165) is 16.9 Å². The van der Waals surface area contributed by atoms with Gasteiger partial charge in [-0.1, -0.05) is 12.1 Å². The van der Waals surface area contributed by atoms with Crippen LogP contribution in [0.4, 0.5) is 0 Å². The Morgan fingerprint density at radius 2 is 1.81 bits per heavy atom. The van der Waals surface area contributed by atoms with Crippen LogP contribution in [0.5, 0.6) is 0 Å². The van der Waals surface area contributed by atoms with Gasteiger partial charge in [-0.05, 0) is 45.5 Å². The van der Waals surface area contributed by atoms with E-state index >= 15 is 0 Å². The summed E-state index contributed by atoms with van der Waals surface area (Å²) in [5, 5.41) is 44.7. The maximum atomic E-state index is 10.3. The van der Waals surface area contributed by atoms with Crippen molar-refractivity contribution in [1.82, 2.24) is 0 Å². The topological polar surface area (TPSA) is 90.2 Å². The number of fused-ring (bicyclic) bond motifs is 1. The molecule has 1 aliphatic heterocycles. The molecule has 7 heteroatoms. The lowest BCUT2D eigenvalue weighted by Crippen LogP contribution is -2.55. The molecule has 1 saturated heterocycles. The fraction of sp³-hybridized carbons (Fsp3) is 0.368. The van der Waals surface area contributed by atoms with Crippen LogP contribution in [0.15, 0.2) is 41.1 Å². The van der Waals surface area contributed by atoms with Gasteiger partial charge in [-0.25, -0.2) is 0 Å². The molecule has 0 aliphatic carbocycles. The van der Waals surface area contributed by atoms with Crippen LogP contribution in [-0.4, -0.2) is 51.4 Å². The van der Waals surface area contributed by atoms with Crippen molar-refractivity contribution < 1.29 is 25.2 Å². The van der Waals surface area contributed by atoms with Crippen molar-refractivity contribution in [3.63, 3.8) is 0 Å². The molecule has 0 unspecified atom stereocenters. The highest BCUT2D eigenvalue weighted by molar-refractivity contribution is 7.17. The minimum Gasteiger partial charge on any atom is -0.394 e. The minimum absolute atomic E-state index is 0.417. The van der Waals surface area contributed by atoms with Crippen molar-refractivity contribution in [3.8, 4) is 0 Å². The summed E-state index contributed by atoms with van der Waals surface area (Å²) < 4.78 is 6.88. The Hall–Kier alpha value is -1.32. The predicted octanol–water partition coefficient (Wildman–Crippen LogP) is 2.07. The lowest BCUT2D eigenvalue weighted by atomic mass is 9.92. The molecule has 0 saturated carbocycles. The van der Waals surface area contributed by atoms with Crippen molar-refractivity contribution in [2.75, 3.05) is 6.61 Å². The molecule has 1 aliphatic rings. The highest BCUT2D eigenvalue weighted by atomic mass is 32.1. The smallest absolute Gasteiger partial charge is 0.113 e. The second kappa shape index (κ2) is 7.36. The van der Waals surface area contributed by atoms with E-state index in [1.807, 2.05) is 11.4 Å². The van der Waals surface area contributed by atoms with Gasteiger partial charge in [0.25, 0.3) is 0 Å². The normalized spacial score (nSPS) is 29.3. The van der Waals surface area contributed by atoms with Crippen LogP contribution in [0, 0.1) is 0 Å². The van der Waals surface area contributed by atoms with Crippen LogP contribution >= 0.6 is 22.7 Å². The fourth-order valence-electron chi connectivity index (χ4n) is 3.33. The second-order valence-corrected chi connectivity index (χ2v) is 8.51. The van der Waals surface area contributed by atoms with Gasteiger partial charge < -0.3 is 25.2 Å². The maximum absolute atomic E-state index is 10.3. The molecule has 3 heterocycles. The Morgan fingerprint density at radius 3 is 2.62 bits per heavy atom. The summed E-state index contributed by atoms with van der Waals surface area (Å²) in [7, 11) is 0. The highest BCUT2D eigenvalue weighted by Crippen LogP contribution is 2.35. The Morgan fingerprint density at radius 1 is 0.962 bits per heavy atom. The summed E-state index contributed by atoms with van der Waals surface area (Å²) in [5.41, 5.74) is 1.96. The molecule has 26 heavy (non-hydrogen) atoms. The molecule has 2 aromatic heterocycles. The van der Waals surface area contributed by atoms with Gasteiger partial charge in [0.2, 0.25) is 0 Å². The van der Waals surface area contributed by atoms with Gasteiger partial charge in [0, 0.05) is 16.0 Å². The van der Waals surface area contributed by atoms with E-state index in [4.69, 9.17) is 4.74 Å². The minimum atomic E-state index is -1.35. The van der Waals surface area contributed by atoms with Gasteiger partial charge in [0.15, 0.2) is 0 Å². The van der Waals surface area contributed by atoms with E-state index in [0.29, 0.717) is 0 Å². The lowest BCUT2D eigenvalue weighted by molar-refractivity contribution is -0.231. The summed E-state index contributed by atoms with van der Waals surface area (Å²) >= 11 is 3.28. The van der Waals surface area contributed by atoms with E-state index in [2.05, 4.69) is 29.6 Å². The van der Waals surface area contributed by atoms with E-state index in [1.54, 1.807) is 22.7 Å². The molecule has 0 spiro atoms. The SMILES string of the molecule is OC[C@H]1O[C@@H](c2csc(Cc3ccc4ccsc4c3)c2)[C@H](O)[C@@H](O)[C@@H]1O. The molecule has 138 valence electrons. The first-order valence-electron chi connectivity index (χ1n) is 8.41. The van der Waals surface area contributed by atoms with Crippen molar-refractivity contribution in [1.29, 1.82) is 0 Å². The monoisotopic (exact) mass is 392 g/mol. The first-order valence-corrected chi connectivity index (χ1v) is 10.2. The molecule has 5 nitrogen and oxygen atoms in total. The molecule has 1 aromatic carbocycles. The van der Waals surface area contributed by atoms with Gasteiger partial charge in [-0.3, -0.25) is 0 Å². The summed E-state index contributed by atoms with van der Waals surface area (Å²) in [5.74, 6) is 0. The second-order valence-electron chi connectivity index (χ2n) is 6.57. The van der Waals surface area contributed by atoms with Crippen molar-refractivity contribution in [2.24, 2.45) is 0 Å². The zero-order valence-corrected chi connectivity index (χ0v) is 15.5. The van der Waals surface area contributed by atoms with E-state index in [1.165, 1.54) is 15.6 Å². The number of hydrogen-bond donors (Lipinski definition) is 4. The number of aliphatic hydroxyl groups is 4. The van der Waals surface area contributed by atoms with Crippen LogP contribution in [-0.2, 0) is 11.2 Å². The van der Waals surface area contributed by atoms with Crippen LogP contribution in [0.25, 0.3) is 10.1 Å². The number of rotatable bonds is 4. The van der Waals surface area contributed by atoms with Crippen LogP contribution in [0.3, 0.4) is 0 Å². The molecule has 0 amide bonds. The van der Waals surface area contributed by atoms with Crippen LogP contribution in [0.1, 0.15) is 22.1 Å². The van der Waals surface area contributed by atoms with Crippen LogP contribution in [0.2, 0.25) is 0 Å². The van der Waals surface area contributed by atoms with Gasteiger partial charge in [-0.2, -0.15) is 0 Å². The summed E-state index contributed by atoms with van der Waals surface area (Å²) in [6, 6.07) is 10.5. The third kappa shape index (κ3) is 3.32. The lowest BCUT2D eigenvalue weighted by Gasteiger charge is -2.39. The first-order chi connectivity index (χ1) is 12.6.